The number of ether oxygens (including phenoxy) is 3. The molecule has 3 N–H and O–H groups in total. The first-order chi connectivity index (χ1) is 11.4. The zero-order chi connectivity index (χ0) is 17.2. The van der Waals surface area contributed by atoms with E-state index in [2.05, 4.69) is 5.32 Å². The van der Waals surface area contributed by atoms with Crippen molar-refractivity contribution in [2.45, 2.75) is 50.0 Å². The van der Waals surface area contributed by atoms with Crippen molar-refractivity contribution < 1.29 is 19.0 Å². The molecule has 2 fully saturated rings. The number of amides is 1. The SMILES string of the molecule is COc1ccc(C(=O)NC2CCC3(CC2)OCC(C)(N)CO3)cc1. The van der Waals surface area contributed by atoms with Crippen molar-refractivity contribution >= 4 is 5.91 Å². The van der Waals surface area contributed by atoms with Crippen LogP contribution in [0.2, 0.25) is 0 Å². The lowest BCUT2D eigenvalue weighted by Gasteiger charge is -2.46. The number of methoxy groups -OCH3 is 1. The summed E-state index contributed by atoms with van der Waals surface area (Å²) in [5.74, 6) is 0.170. The van der Waals surface area contributed by atoms with Gasteiger partial charge in [0.1, 0.15) is 5.75 Å². The van der Waals surface area contributed by atoms with Crippen LogP contribution in [0.15, 0.2) is 24.3 Å². The minimum absolute atomic E-state index is 0.0568. The second kappa shape index (κ2) is 6.70. The average Bonchev–Trinajstić information content (AvgIpc) is 2.60. The van der Waals surface area contributed by atoms with Gasteiger partial charge in [-0.3, -0.25) is 4.79 Å². The Bertz CT molecular complexity index is 565. The predicted octanol–water partition coefficient (Wildman–Crippen LogP) is 1.83. The van der Waals surface area contributed by atoms with E-state index in [4.69, 9.17) is 19.9 Å². The third kappa shape index (κ3) is 3.88. The standard InChI is InChI=1S/C18H26N2O4/c1-17(19)11-23-18(24-12-17)9-7-14(8-10-18)20-16(21)13-3-5-15(22-2)6-4-13/h3-6,14H,7-12,19H2,1-2H3,(H,20,21). The van der Waals surface area contributed by atoms with Crippen molar-refractivity contribution in [2.75, 3.05) is 20.3 Å². The maximum Gasteiger partial charge on any atom is 0.251 e. The topological polar surface area (TPSA) is 82.8 Å². The van der Waals surface area contributed by atoms with Gasteiger partial charge < -0.3 is 25.3 Å². The van der Waals surface area contributed by atoms with Gasteiger partial charge in [-0.15, -0.1) is 0 Å². The second-order valence-corrected chi connectivity index (χ2v) is 7.12. The minimum atomic E-state index is -0.514. The molecular formula is C18H26N2O4. The van der Waals surface area contributed by atoms with Crippen LogP contribution in [-0.2, 0) is 9.47 Å². The molecule has 1 spiro atoms. The lowest BCUT2D eigenvalue weighted by Crippen LogP contribution is -2.58. The molecule has 1 aromatic carbocycles. The molecule has 1 aliphatic heterocycles. The van der Waals surface area contributed by atoms with Gasteiger partial charge in [-0.2, -0.15) is 0 Å². The Morgan fingerprint density at radius 3 is 2.33 bits per heavy atom. The van der Waals surface area contributed by atoms with E-state index >= 15 is 0 Å². The molecule has 6 nitrogen and oxygen atoms in total. The maximum absolute atomic E-state index is 12.3. The van der Waals surface area contributed by atoms with E-state index in [1.165, 1.54) is 0 Å². The van der Waals surface area contributed by atoms with E-state index in [1.807, 2.05) is 6.92 Å². The van der Waals surface area contributed by atoms with Crippen molar-refractivity contribution in [1.29, 1.82) is 0 Å². The number of hydrogen-bond donors (Lipinski definition) is 2. The molecule has 0 unspecified atom stereocenters. The van der Waals surface area contributed by atoms with Crippen molar-refractivity contribution in [2.24, 2.45) is 5.73 Å². The summed E-state index contributed by atoms with van der Waals surface area (Å²) in [6.45, 7) is 2.95. The highest BCUT2D eigenvalue weighted by Gasteiger charge is 2.43. The van der Waals surface area contributed by atoms with Gasteiger partial charge in [-0.25, -0.2) is 0 Å². The fourth-order valence-electron chi connectivity index (χ4n) is 3.18. The summed E-state index contributed by atoms with van der Waals surface area (Å²) in [7, 11) is 1.61. The van der Waals surface area contributed by atoms with Crippen LogP contribution in [0.5, 0.6) is 5.75 Å². The van der Waals surface area contributed by atoms with Crippen LogP contribution in [-0.4, -0.2) is 43.6 Å². The molecule has 0 bridgehead atoms. The molecule has 1 aliphatic carbocycles. The summed E-state index contributed by atoms with van der Waals surface area (Å²) in [6, 6.07) is 7.27. The smallest absolute Gasteiger partial charge is 0.251 e. The predicted molar refractivity (Wildman–Crippen MR) is 89.9 cm³/mol. The molecule has 1 heterocycles. The number of nitrogens with one attached hydrogen (secondary N) is 1. The molecule has 0 radical (unpaired) electrons. The molecule has 0 aromatic heterocycles. The average molecular weight is 334 g/mol. The van der Waals surface area contributed by atoms with E-state index < -0.39 is 11.3 Å². The first-order valence-corrected chi connectivity index (χ1v) is 8.43. The molecule has 0 atom stereocenters. The normalized spacial score (nSPS) is 33.2. The summed E-state index contributed by atoms with van der Waals surface area (Å²) in [5.41, 5.74) is 6.26. The quantitative estimate of drug-likeness (QED) is 0.881. The Balaban J connectivity index is 1.51. The lowest BCUT2D eigenvalue weighted by atomic mass is 9.88. The molecule has 3 rings (SSSR count). The summed E-state index contributed by atoms with van der Waals surface area (Å²) in [5, 5.41) is 3.10. The van der Waals surface area contributed by atoms with Gasteiger partial charge in [-0.1, -0.05) is 0 Å². The largest absolute Gasteiger partial charge is 0.497 e. The molecule has 132 valence electrons. The van der Waals surface area contributed by atoms with Gasteiger partial charge in [0, 0.05) is 24.4 Å². The van der Waals surface area contributed by atoms with E-state index in [0.717, 1.165) is 31.4 Å². The Kier molecular flexibility index (Phi) is 4.80. The molecule has 1 amide bonds. The van der Waals surface area contributed by atoms with Gasteiger partial charge in [0.05, 0.1) is 25.9 Å². The zero-order valence-electron chi connectivity index (χ0n) is 14.3. The first kappa shape index (κ1) is 17.2. The van der Waals surface area contributed by atoms with Crippen LogP contribution in [0, 0.1) is 0 Å². The molecule has 1 aromatic rings. The molecule has 1 saturated carbocycles. The highest BCUT2D eigenvalue weighted by atomic mass is 16.7. The van der Waals surface area contributed by atoms with E-state index in [-0.39, 0.29) is 11.9 Å². The van der Waals surface area contributed by atoms with Crippen molar-refractivity contribution in [3.63, 3.8) is 0 Å². The van der Waals surface area contributed by atoms with Crippen LogP contribution in [0.3, 0.4) is 0 Å². The summed E-state index contributed by atoms with van der Waals surface area (Å²) < 4.78 is 16.9. The molecular weight excluding hydrogens is 308 g/mol. The van der Waals surface area contributed by atoms with Crippen LogP contribution in [0.1, 0.15) is 43.0 Å². The molecule has 1 saturated heterocycles. The minimum Gasteiger partial charge on any atom is -0.497 e. The highest BCUT2D eigenvalue weighted by Crippen LogP contribution is 2.36. The molecule has 6 heteroatoms. The zero-order valence-corrected chi connectivity index (χ0v) is 14.3. The Hall–Kier alpha value is -1.63. The maximum atomic E-state index is 12.3. The van der Waals surface area contributed by atoms with Crippen LogP contribution in [0.25, 0.3) is 0 Å². The number of carbonyl (C=O) groups is 1. The fourth-order valence-corrected chi connectivity index (χ4v) is 3.18. The number of benzene rings is 1. The Morgan fingerprint density at radius 2 is 1.79 bits per heavy atom. The lowest BCUT2D eigenvalue weighted by molar-refractivity contribution is -0.298. The third-order valence-corrected chi connectivity index (χ3v) is 4.76. The first-order valence-electron chi connectivity index (χ1n) is 8.43. The Morgan fingerprint density at radius 1 is 1.21 bits per heavy atom. The van der Waals surface area contributed by atoms with Crippen molar-refractivity contribution in [1.82, 2.24) is 5.32 Å². The van der Waals surface area contributed by atoms with Gasteiger partial charge in [0.2, 0.25) is 0 Å². The fraction of sp³-hybridized carbons (Fsp3) is 0.611. The molecule has 2 aliphatic rings. The van der Waals surface area contributed by atoms with Crippen LogP contribution >= 0.6 is 0 Å². The van der Waals surface area contributed by atoms with Gasteiger partial charge in [0.15, 0.2) is 5.79 Å². The summed E-state index contributed by atoms with van der Waals surface area (Å²) >= 11 is 0. The van der Waals surface area contributed by atoms with Crippen molar-refractivity contribution in [3.05, 3.63) is 29.8 Å². The van der Waals surface area contributed by atoms with E-state index in [1.54, 1.807) is 31.4 Å². The summed E-state index contributed by atoms with van der Waals surface area (Å²) in [6.07, 6.45) is 3.22. The highest BCUT2D eigenvalue weighted by molar-refractivity contribution is 5.94. The second-order valence-electron chi connectivity index (χ2n) is 7.12. The van der Waals surface area contributed by atoms with Gasteiger partial charge >= 0.3 is 0 Å². The monoisotopic (exact) mass is 334 g/mol. The Labute approximate surface area is 142 Å². The van der Waals surface area contributed by atoms with Gasteiger partial charge in [0.25, 0.3) is 5.91 Å². The molecule has 24 heavy (non-hydrogen) atoms. The van der Waals surface area contributed by atoms with Crippen molar-refractivity contribution in [3.8, 4) is 5.75 Å². The summed E-state index contributed by atoms with van der Waals surface area (Å²) in [4.78, 5) is 12.3. The number of hydrogen-bond acceptors (Lipinski definition) is 5. The van der Waals surface area contributed by atoms with Crippen LogP contribution in [0.4, 0.5) is 0 Å². The third-order valence-electron chi connectivity index (χ3n) is 4.76. The van der Waals surface area contributed by atoms with E-state index in [0.29, 0.717) is 18.8 Å². The number of carbonyl (C=O) groups excluding carboxylic acids is 1. The van der Waals surface area contributed by atoms with E-state index in [9.17, 15) is 4.79 Å². The van der Waals surface area contributed by atoms with Gasteiger partial charge in [-0.05, 0) is 44.0 Å². The number of rotatable bonds is 3. The number of nitrogens with two attached hydrogens (primary N) is 1. The van der Waals surface area contributed by atoms with Crippen LogP contribution < -0.4 is 15.8 Å².